The van der Waals surface area contributed by atoms with E-state index < -0.39 is 0 Å². The summed E-state index contributed by atoms with van der Waals surface area (Å²) in [5.74, 6) is -0.166. The number of fused-ring (bicyclic) bond motifs is 1. The van der Waals surface area contributed by atoms with E-state index in [1.165, 1.54) is 9.95 Å². The Morgan fingerprint density at radius 1 is 1.23 bits per heavy atom. The molecule has 22 heavy (non-hydrogen) atoms. The van der Waals surface area contributed by atoms with E-state index in [1.54, 1.807) is 11.6 Å². The number of aromatic nitrogens is 1. The highest BCUT2D eigenvalue weighted by molar-refractivity contribution is 7.07. The molecular weight excluding hydrogens is 296 g/mol. The first kappa shape index (κ1) is 14.5. The number of carbonyl (C=O) groups is 1. The van der Waals surface area contributed by atoms with Crippen LogP contribution in [0.3, 0.4) is 0 Å². The number of hydrogen-bond donors (Lipinski definition) is 1. The summed E-state index contributed by atoms with van der Waals surface area (Å²) in [6, 6.07) is 14.2. The zero-order chi connectivity index (χ0) is 15.5. The molecule has 4 nitrogen and oxygen atoms in total. The van der Waals surface area contributed by atoms with E-state index in [4.69, 9.17) is 0 Å². The number of amides is 1. The smallest absolute Gasteiger partial charge is 0.307 e. The summed E-state index contributed by atoms with van der Waals surface area (Å²) >= 11 is 1.09. The van der Waals surface area contributed by atoms with Gasteiger partial charge in [-0.25, -0.2) is 0 Å². The quantitative estimate of drug-likeness (QED) is 0.805. The highest BCUT2D eigenvalue weighted by Crippen LogP contribution is 2.20. The fourth-order valence-corrected chi connectivity index (χ4v) is 3.00. The van der Waals surface area contributed by atoms with Gasteiger partial charge in [-0.3, -0.25) is 14.2 Å². The van der Waals surface area contributed by atoms with E-state index in [-0.39, 0.29) is 23.4 Å². The van der Waals surface area contributed by atoms with E-state index >= 15 is 0 Å². The topological polar surface area (TPSA) is 51.1 Å². The van der Waals surface area contributed by atoms with E-state index in [9.17, 15) is 9.59 Å². The predicted molar refractivity (Wildman–Crippen MR) is 89.1 cm³/mol. The van der Waals surface area contributed by atoms with Crippen molar-refractivity contribution in [3.63, 3.8) is 0 Å². The standard InChI is InChI=1S/C17H16N2O2S/c1-12(18-16(20)11-19-8-9-22-17(19)21)14-7-6-13-4-2-3-5-15(13)10-14/h2-10,12H,11H2,1H3,(H,18,20)/t12-/m0/s1. The molecule has 112 valence electrons. The average molecular weight is 312 g/mol. The molecule has 0 aliphatic carbocycles. The Labute approximate surface area is 132 Å². The molecular formula is C17H16N2O2S. The molecule has 0 radical (unpaired) electrons. The first-order chi connectivity index (χ1) is 10.6. The summed E-state index contributed by atoms with van der Waals surface area (Å²) in [5, 5.41) is 6.94. The maximum absolute atomic E-state index is 12.0. The molecule has 0 saturated carbocycles. The monoisotopic (exact) mass is 312 g/mol. The number of carbonyl (C=O) groups excluding carboxylic acids is 1. The zero-order valence-corrected chi connectivity index (χ0v) is 13.0. The highest BCUT2D eigenvalue weighted by Gasteiger charge is 2.11. The fraction of sp³-hybridized carbons (Fsp3) is 0.176. The van der Waals surface area contributed by atoms with Crippen molar-refractivity contribution < 1.29 is 4.79 Å². The molecule has 1 N–H and O–H groups in total. The van der Waals surface area contributed by atoms with Crippen LogP contribution in [0.2, 0.25) is 0 Å². The van der Waals surface area contributed by atoms with Crippen molar-refractivity contribution in [3.05, 3.63) is 69.3 Å². The van der Waals surface area contributed by atoms with Crippen LogP contribution >= 0.6 is 11.3 Å². The van der Waals surface area contributed by atoms with Gasteiger partial charge in [0.25, 0.3) is 0 Å². The Morgan fingerprint density at radius 3 is 2.73 bits per heavy atom. The number of rotatable bonds is 4. The minimum absolute atomic E-state index is 0.0558. The van der Waals surface area contributed by atoms with Crippen LogP contribution in [-0.2, 0) is 11.3 Å². The minimum atomic E-state index is -0.166. The van der Waals surface area contributed by atoms with Gasteiger partial charge in [0.15, 0.2) is 0 Å². The van der Waals surface area contributed by atoms with Crippen molar-refractivity contribution in [2.45, 2.75) is 19.5 Å². The van der Waals surface area contributed by atoms with Gasteiger partial charge < -0.3 is 5.32 Å². The van der Waals surface area contributed by atoms with Crippen molar-refractivity contribution in [2.24, 2.45) is 0 Å². The number of nitrogens with one attached hydrogen (secondary N) is 1. The first-order valence-corrected chi connectivity index (χ1v) is 7.93. The van der Waals surface area contributed by atoms with Gasteiger partial charge in [-0.1, -0.05) is 47.7 Å². The van der Waals surface area contributed by atoms with Crippen LogP contribution in [0.5, 0.6) is 0 Å². The third-order valence-corrected chi connectivity index (χ3v) is 4.30. The molecule has 1 atom stereocenters. The van der Waals surface area contributed by atoms with Gasteiger partial charge in [0, 0.05) is 11.6 Å². The average Bonchev–Trinajstić information content (AvgIpc) is 2.91. The Morgan fingerprint density at radius 2 is 2.00 bits per heavy atom. The molecule has 1 heterocycles. The molecule has 2 aromatic carbocycles. The lowest BCUT2D eigenvalue weighted by atomic mass is 10.0. The minimum Gasteiger partial charge on any atom is -0.348 e. The summed E-state index contributed by atoms with van der Waals surface area (Å²) in [7, 11) is 0. The zero-order valence-electron chi connectivity index (χ0n) is 12.2. The summed E-state index contributed by atoms with van der Waals surface area (Å²) in [6.07, 6.45) is 1.63. The molecule has 1 amide bonds. The molecule has 0 saturated heterocycles. The second-order valence-corrected chi connectivity index (χ2v) is 6.05. The maximum Gasteiger partial charge on any atom is 0.307 e. The lowest BCUT2D eigenvalue weighted by Gasteiger charge is -2.15. The molecule has 0 bridgehead atoms. The van der Waals surface area contributed by atoms with Crippen LogP contribution in [0, 0.1) is 0 Å². The molecule has 0 fully saturated rings. The Kier molecular flexibility index (Phi) is 4.06. The third kappa shape index (κ3) is 3.09. The number of nitrogens with zero attached hydrogens (tertiary/aromatic N) is 1. The van der Waals surface area contributed by atoms with Gasteiger partial charge in [0.2, 0.25) is 5.91 Å². The third-order valence-electron chi connectivity index (χ3n) is 3.61. The van der Waals surface area contributed by atoms with Crippen LogP contribution in [-0.4, -0.2) is 10.5 Å². The molecule has 0 aliphatic heterocycles. The largest absolute Gasteiger partial charge is 0.348 e. The van der Waals surface area contributed by atoms with E-state index in [1.807, 2.05) is 25.1 Å². The maximum atomic E-state index is 12.0. The van der Waals surface area contributed by atoms with Crippen LogP contribution in [0.15, 0.2) is 58.8 Å². The van der Waals surface area contributed by atoms with Crippen LogP contribution in [0.4, 0.5) is 0 Å². The SMILES string of the molecule is C[C@H](NC(=O)Cn1ccsc1=O)c1ccc2ccccc2c1. The molecule has 0 spiro atoms. The van der Waals surface area contributed by atoms with Gasteiger partial charge in [-0.05, 0) is 29.3 Å². The first-order valence-electron chi connectivity index (χ1n) is 7.05. The summed E-state index contributed by atoms with van der Waals surface area (Å²) in [4.78, 5) is 23.4. The van der Waals surface area contributed by atoms with Crippen LogP contribution in [0.1, 0.15) is 18.5 Å². The Balaban J connectivity index is 1.72. The van der Waals surface area contributed by atoms with Gasteiger partial charge in [-0.15, -0.1) is 0 Å². The number of hydrogen-bond acceptors (Lipinski definition) is 3. The normalized spacial score (nSPS) is 12.2. The van der Waals surface area contributed by atoms with Crippen molar-refractivity contribution in [1.82, 2.24) is 9.88 Å². The summed E-state index contributed by atoms with van der Waals surface area (Å²) in [6.45, 7) is 2.00. The van der Waals surface area contributed by atoms with Crippen molar-refractivity contribution in [3.8, 4) is 0 Å². The predicted octanol–water partition coefficient (Wildman–Crippen LogP) is 2.94. The summed E-state index contributed by atoms with van der Waals surface area (Å²) < 4.78 is 1.41. The second kappa shape index (κ2) is 6.15. The molecule has 1 aromatic heterocycles. The fourth-order valence-electron chi connectivity index (χ4n) is 2.41. The molecule has 3 rings (SSSR count). The van der Waals surface area contributed by atoms with Gasteiger partial charge in [-0.2, -0.15) is 0 Å². The molecule has 0 unspecified atom stereocenters. The van der Waals surface area contributed by atoms with E-state index in [0.29, 0.717) is 0 Å². The Hall–Kier alpha value is -2.40. The van der Waals surface area contributed by atoms with Crippen LogP contribution in [0.25, 0.3) is 10.8 Å². The summed E-state index contributed by atoms with van der Waals surface area (Å²) in [5.41, 5.74) is 1.05. The molecule has 3 aromatic rings. The van der Waals surface area contributed by atoms with Crippen LogP contribution < -0.4 is 10.2 Å². The Bertz CT molecular complexity index is 866. The van der Waals surface area contributed by atoms with Gasteiger partial charge >= 0.3 is 4.87 Å². The number of thiazole rings is 1. The van der Waals surface area contributed by atoms with E-state index in [0.717, 1.165) is 22.3 Å². The van der Waals surface area contributed by atoms with Crippen molar-refractivity contribution >= 4 is 28.0 Å². The van der Waals surface area contributed by atoms with Gasteiger partial charge in [0.1, 0.15) is 6.54 Å². The molecule has 5 heteroatoms. The number of benzene rings is 2. The van der Waals surface area contributed by atoms with Crippen molar-refractivity contribution in [2.75, 3.05) is 0 Å². The lowest BCUT2D eigenvalue weighted by molar-refractivity contribution is -0.122. The van der Waals surface area contributed by atoms with Crippen molar-refractivity contribution in [1.29, 1.82) is 0 Å². The van der Waals surface area contributed by atoms with E-state index in [2.05, 4.69) is 29.6 Å². The molecule has 0 aliphatic rings. The second-order valence-electron chi connectivity index (χ2n) is 5.19. The highest BCUT2D eigenvalue weighted by atomic mass is 32.1. The van der Waals surface area contributed by atoms with Gasteiger partial charge in [0.05, 0.1) is 6.04 Å². The lowest BCUT2D eigenvalue weighted by Crippen LogP contribution is -2.32.